The van der Waals surface area contributed by atoms with E-state index in [9.17, 15) is 13.2 Å². The van der Waals surface area contributed by atoms with E-state index in [2.05, 4.69) is 5.32 Å². The number of nitrogens with one attached hydrogen (secondary N) is 1. The highest BCUT2D eigenvalue weighted by Gasteiger charge is 2.19. The van der Waals surface area contributed by atoms with Gasteiger partial charge in [-0.1, -0.05) is 35.9 Å². The summed E-state index contributed by atoms with van der Waals surface area (Å²) in [6, 6.07) is 19.0. The van der Waals surface area contributed by atoms with Crippen molar-refractivity contribution in [2.24, 2.45) is 0 Å². The van der Waals surface area contributed by atoms with Crippen LogP contribution in [0.15, 0.2) is 66.7 Å². The molecule has 1 heterocycles. The largest absolute Gasteiger partial charge is 0.484 e. The summed E-state index contributed by atoms with van der Waals surface area (Å²) in [5.74, 6) is 1.48. The maximum absolute atomic E-state index is 12.4. The first-order chi connectivity index (χ1) is 16.3. The van der Waals surface area contributed by atoms with E-state index < -0.39 is 10.0 Å². The molecular weight excluding hydrogens is 480 g/mol. The van der Waals surface area contributed by atoms with Crippen molar-refractivity contribution >= 4 is 33.2 Å². The Kier molecular flexibility index (Phi) is 7.14. The van der Waals surface area contributed by atoms with Crippen LogP contribution in [0.5, 0.6) is 17.2 Å². The summed E-state index contributed by atoms with van der Waals surface area (Å²) in [6.45, 7) is 0.434. The molecule has 1 aliphatic rings. The van der Waals surface area contributed by atoms with Gasteiger partial charge in [0.2, 0.25) is 16.8 Å². The fourth-order valence-corrected chi connectivity index (χ4v) is 4.42. The Balaban J connectivity index is 1.33. The summed E-state index contributed by atoms with van der Waals surface area (Å²) >= 11 is 6.20. The molecule has 0 spiro atoms. The van der Waals surface area contributed by atoms with Gasteiger partial charge in [0.15, 0.2) is 18.1 Å². The van der Waals surface area contributed by atoms with E-state index in [0.29, 0.717) is 40.1 Å². The zero-order chi connectivity index (χ0) is 24.1. The molecule has 10 heteroatoms. The number of halogens is 1. The minimum Gasteiger partial charge on any atom is -0.484 e. The Hall–Kier alpha value is -3.43. The number of hydrogen-bond donors (Lipinski definition) is 1. The molecule has 0 aromatic heterocycles. The molecule has 0 saturated carbocycles. The molecule has 1 amide bonds. The topological polar surface area (TPSA) is 94.2 Å². The van der Waals surface area contributed by atoms with Crippen LogP contribution in [-0.2, 0) is 27.9 Å². The van der Waals surface area contributed by atoms with Crippen molar-refractivity contribution in [1.29, 1.82) is 0 Å². The fraction of sp³-hybridized carbons (Fsp3) is 0.208. The lowest BCUT2D eigenvalue weighted by Crippen LogP contribution is -2.29. The fourth-order valence-electron chi connectivity index (χ4n) is 3.34. The molecule has 34 heavy (non-hydrogen) atoms. The quantitative estimate of drug-likeness (QED) is 0.479. The van der Waals surface area contributed by atoms with E-state index in [-0.39, 0.29) is 25.9 Å². The Labute approximate surface area is 203 Å². The second-order valence-corrected chi connectivity index (χ2v) is 9.92. The molecule has 0 fully saturated rings. The number of benzene rings is 3. The number of sulfonamides is 1. The average Bonchev–Trinajstić information content (AvgIpc) is 3.28. The predicted molar refractivity (Wildman–Crippen MR) is 129 cm³/mol. The van der Waals surface area contributed by atoms with Gasteiger partial charge in [0.1, 0.15) is 5.75 Å². The van der Waals surface area contributed by atoms with Crippen molar-refractivity contribution in [2.45, 2.75) is 13.1 Å². The number of amides is 1. The number of hydrogen-bond acceptors (Lipinski definition) is 6. The van der Waals surface area contributed by atoms with Gasteiger partial charge in [-0.15, -0.1) is 0 Å². The zero-order valence-corrected chi connectivity index (χ0v) is 19.9. The number of ether oxygens (including phenoxy) is 3. The summed E-state index contributed by atoms with van der Waals surface area (Å²) in [5.41, 5.74) is 2.03. The van der Waals surface area contributed by atoms with Gasteiger partial charge < -0.3 is 19.5 Å². The molecule has 178 valence electrons. The minimum atomic E-state index is -3.56. The van der Waals surface area contributed by atoms with Crippen molar-refractivity contribution in [3.8, 4) is 17.2 Å². The maximum Gasteiger partial charge on any atom is 0.258 e. The van der Waals surface area contributed by atoms with Crippen LogP contribution < -0.4 is 23.8 Å². The second kappa shape index (κ2) is 10.2. The molecule has 4 rings (SSSR count). The SMILES string of the molecule is CS(=O)(=O)N(Cc1ccccc1Cl)c1ccc(OCC(=O)NCc2ccc3c(c2)OCO3)cc1. The maximum atomic E-state index is 12.4. The summed E-state index contributed by atoms with van der Waals surface area (Å²) in [7, 11) is -3.56. The highest BCUT2D eigenvalue weighted by atomic mass is 35.5. The number of carbonyl (C=O) groups excluding carboxylic acids is 1. The van der Waals surface area contributed by atoms with E-state index in [1.165, 1.54) is 4.31 Å². The van der Waals surface area contributed by atoms with Crippen molar-refractivity contribution in [1.82, 2.24) is 5.32 Å². The van der Waals surface area contributed by atoms with Crippen molar-refractivity contribution < 1.29 is 27.4 Å². The number of fused-ring (bicyclic) bond motifs is 1. The first-order valence-corrected chi connectivity index (χ1v) is 12.6. The minimum absolute atomic E-state index is 0.0982. The molecule has 3 aromatic carbocycles. The third-order valence-corrected chi connectivity index (χ3v) is 6.60. The van der Waals surface area contributed by atoms with Crippen LogP contribution in [-0.4, -0.2) is 34.0 Å². The molecule has 0 radical (unpaired) electrons. The van der Waals surface area contributed by atoms with Crippen LogP contribution in [0, 0.1) is 0 Å². The molecule has 0 bridgehead atoms. The summed E-state index contributed by atoms with van der Waals surface area (Å²) < 4.78 is 42.2. The third-order valence-electron chi connectivity index (χ3n) is 5.09. The smallest absolute Gasteiger partial charge is 0.258 e. The van der Waals surface area contributed by atoms with Gasteiger partial charge in [0, 0.05) is 11.6 Å². The second-order valence-electron chi connectivity index (χ2n) is 7.61. The van der Waals surface area contributed by atoms with Gasteiger partial charge in [-0.25, -0.2) is 8.42 Å². The van der Waals surface area contributed by atoms with Gasteiger partial charge in [-0.05, 0) is 53.6 Å². The molecule has 1 N–H and O–H groups in total. The highest BCUT2D eigenvalue weighted by molar-refractivity contribution is 7.92. The van der Waals surface area contributed by atoms with E-state index in [1.54, 1.807) is 54.6 Å². The number of nitrogens with zero attached hydrogens (tertiary/aromatic N) is 1. The lowest BCUT2D eigenvalue weighted by atomic mass is 10.2. The van der Waals surface area contributed by atoms with E-state index in [1.807, 2.05) is 12.1 Å². The van der Waals surface area contributed by atoms with Crippen LogP contribution in [0.3, 0.4) is 0 Å². The first kappa shape index (κ1) is 23.7. The van der Waals surface area contributed by atoms with Gasteiger partial charge in [0.05, 0.1) is 18.5 Å². The van der Waals surface area contributed by atoms with Crippen LogP contribution >= 0.6 is 11.6 Å². The number of carbonyl (C=O) groups is 1. The lowest BCUT2D eigenvalue weighted by Gasteiger charge is -2.23. The normalized spacial score (nSPS) is 12.3. The van der Waals surface area contributed by atoms with Crippen LogP contribution in [0.2, 0.25) is 5.02 Å². The van der Waals surface area contributed by atoms with Crippen LogP contribution in [0.25, 0.3) is 0 Å². The Bertz CT molecular complexity index is 1280. The Morgan fingerprint density at radius 1 is 1.06 bits per heavy atom. The van der Waals surface area contributed by atoms with Gasteiger partial charge in [-0.3, -0.25) is 9.10 Å². The molecule has 0 unspecified atom stereocenters. The zero-order valence-electron chi connectivity index (χ0n) is 18.4. The molecule has 3 aromatic rings. The molecule has 1 aliphatic heterocycles. The lowest BCUT2D eigenvalue weighted by molar-refractivity contribution is -0.123. The molecule has 8 nitrogen and oxygen atoms in total. The molecule has 0 saturated heterocycles. The van der Waals surface area contributed by atoms with E-state index >= 15 is 0 Å². The van der Waals surface area contributed by atoms with Crippen LogP contribution in [0.1, 0.15) is 11.1 Å². The van der Waals surface area contributed by atoms with E-state index in [4.69, 9.17) is 25.8 Å². The van der Waals surface area contributed by atoms with Gasteiger partial charge in [0.25, 0.3) is 5.91 Å². The molecule has 0 aliphatic carbocycles. The highest BCUT2D eigenvalue weighted by Crippen LogP contribution is 2.32. The number of anilines is 1. The van der Waals surface area contributed by atoms with Crippen molar-refractivity contribution in [3.05, 3.63) is 82.9 Å². The van der Waals surface area contributed by atoms with Gasteiger partial charge in [-0.2, -0.15) is 0 Å². The van der Waals surface area contributed by atoms with Gasteiger partial charge >= 0.3 is 0 Å². The standard InChI is InChI=1S/C24H23ClN2O6S/c1-34(29,30)27(14-18-4-2-3-5-21(18)25)19-7-9-20(10-8-19)31-15-24(28)26-13-17-6-11-22-23(12-17)33-16-32-22/h2-12H,13-16H2,1H3,(H,26,28). The third kappa shape index (κ3) is 5.92. The van der Waals surface area contributed by atoms with Crippen LogP contribution in [0.4, 0.5) is 5.69 Å². The summed E-state index contributed by atoms with van der Waals surface area (Å²) in [6.07, 6.45) is 1.14. The van der Waals surface area contributed by atoms with Crippen molar-refractivity contribution in [2.75, 3.05) is 24.0 Å². The molecular formula is C24H23ClN2O6S. The number of rotatable bonds is 9. The summed E-state index contributed by atoms with van der Waals surface area (Å²) in [4.78, 5) is 12.2. The predicted octanol–water partition coefficient (Wildman–Crippen LogP) is 3.73. The first-order valence-electron chi connectivity index (χ1n) is 10.4. The van der Waals surface area contributed by atoms with Crippen molar-refractivity contribution in [3.63, 3.8) is 0 Å². The average molecular weight is 503 g/mol. The Morgan fingerprint density at radius 3 is 2.53 bits per heavy atom. The summed E-state index contributed by atoms with van der Waals surface area (Å²) in [5, 5.41) is 3.27. The molecule has 0 atom stereocenters. The monoisotopic (exact) mass is 502 g/mol. The van der Waals surface area contributed by atoms with E-state index in [0.717, 1.165) is 11.8 Å². The Morgan fingerprint density at radius 2 is 1.79 bits per heavy atom.